The van der Waals surface area contributed by atoms with Crippen LogP contribution in [-0.2, 0) is 9.59 Å². The Kier molecular flexibility index (Phi) is 7.25. The Morgan fingerprint density at radius 2 is 1.62 bits per heavy atom. The molecule has 132 valence electrons. The maximum atomic E-state index is 11.8. The molecule has 2 aromatic carbocycles. The van der Waals surface area contributed by atoms with E-state index in [0.29, 0.717) is 5.57 Å². The molecule has 0 fully saturated rings. The topological polar surface area (TPSA) is 34.1 Å². The second-order valence-corrected chi connectivity index (χ2v) is 7.84. The van der Waals surface area contributed by atoms with Crippen LogP contribution in [0.2, 0.25) is 0 Å². The molecule has 0 N–H and O–H groups in total. The van der Waals surface area contributed by atoms with E-state index in [1.165, 1.54) is 17.8 Å². The van der Waals surface area contributed by atoms with Crippen LogP contribution in [0, 0.1) is 6.92 Å². The van der Waals surface area contributed by atoms with Crippen LogP contribution in [0.4, 0.5) is 0 Å². The second kappa shape index (κ2) is 9.41. The van der Waals surface area contributed by atoms with Crippen molar-refractivity contribution in [2.24, 2.45) is 0 Å². The van der Waals surface area contributed by atoms with Crippen LogP contribution in [0.1, 0.15) is 23.6 Å². The van der Waals surface area contributed by atoms with Gasteiger partial charge in [-0.25, -0.2) is 0 Å². The minimum Gasteiger partial charge on any atom is -0.282 e. The Labute approximate surface area is 163 Å². The molecule has 0 saturated carbocycles. The molecule has 0 unspecified atom stereocenters. The Balaban J connectivity index is 2.08. The van der Waals surface area contributed by atoms with Gasteiger partial charge in [-0.3, -0.25) is 9.59 Å². The SMILES string of the molecule is C=CC(=O)Sc1ccc(/C=C/c2ccc(SC(=O)C(=C)C)cc2C)cc1. The predicted octanol–water partition coefficient (Wildman–Crippen LogP) is 6.16. The van der Waals surface area contributed by atoms with Gasteiger partial charge < -0.3 is 0 Å². The first-order valence-electron chi connectivity index (χ1n) is 8.00. The number of benzene rings is 2. The quantitative estimate of drug-likeness (QED) is 0.341. The summed E-state index contributed by atoms with van der Waals surface area (Å²) in [6.07, 6.45) is 5.38. The van der Waals surface area contributed by atoms with Gasteiger partial charge in [0.05, 0.1) is 0 Å². The van der Waals surface area contributed by atoms with Crippen molar-refractivity contribution in [2.75, 3.05) is 0 Å². The molecule has 26 heavy (non-hydrogen) atoms. The molecule has 0 heterocycles. The van der Waals surface area contributed by atoms with E-state index < -0.39 is 0 Å². The van der Waals surface area contributed by atoms with Crippen molar-refractivity contribution in [1.82, 2.24) is 0 Å². The third-order valence-corrected chi connectivity index (χ3v) is 5.42. The van der Waals surface area contributed by atoms with Gasteiger partial charge in [0, 0.05) is 9.79 Å². The summed E-state index contributed by atoms with van der Waals surface area (Å²) in [7, 11) is 0. The van der Waals surface area contributed by atoms with Gasteiger partial charge in [-0.1, -0.05) is 43.5 Å². The molecule has 0 spiro atoms. The zero-order valence-corrected chi connectivity index (χ0v) is 16.5. The van der Waals surface area contributed by atoms with E-state index >= 15 is 0 Å². The van der Waals surface area contributed by atoms with Gasteiger partial charge >= 0.3 is 0 Å². The molecule has 2 aromatic rings. The van der Waals surface area contributed by atoms with E-state index in [1.807, 2.05) is 61.5 Å². The summed E-state index contributed by atoms with van der Waals surface area (Å²) in [6, 6.07) is 13.7. The molecular formula is C22H20O2S2. The molecule has 0 aliphatic heterocycles. The van der Waals surface area contributed by atoms with E-state index in [-0.39, 0.29) is 10.2 Å². The standard InChI is InChI=1S/C22H20O2S2/c1-5-21(23)25-19-11-7-17(8-12-19)6-9-18-10-13-20(14-16(18)4)26-22(24)15(2)3/h5-14H,1-2H2,3-4H3/b9-6+. The summed E-state index contributed by atoms with van der Waals surface area (Å²) in [4.78, 5) is 24.9. The van der Waals surface area contributed by atoms with E-state index in [4.69, 9.17) is 0 Å². The number of rotatable bonds is 6. The smallest absolute Gasteiger partial charge is 0.219 e. The summed E-state index contributed by atoms with van der Waals surface area (Å²) in [5.74, 6) is 0. The first kappa shape index (κ1) is 20.0. The third kappa shape index (κ3) is 5.90. The minimum atomic E-state index is -0.0630. The fourth-order valence-electron chi connectivity index (χ4n) is 2.08. The van der Waals surface area contributed by atoms with Gasteiger partial charge in [0.15, 0.2) is 0 Å². The Bertz CT molecular complexity index is 878. The number of carbonyl (C=O) groups excluding carboxylic acids is 2. The highest BCUT2D eigenvalue weighted by atomic mass is 32.2. The van der Waals surface area contributed by atoms with Gasteiger partial charge in [-0.15, -0.1) is 0 Å². The fourth-order valence-corrected chi connectivity index (χ4v) is 3.43. The first-order chi connectivity index (χ1) is 12.4. The maximum absolute atomic E-state index is 11.8. The molecular weight excluding hydrogens is 360 g/mol. The van der Waals surface area contributed by atoms with E-state index in [9.17, 15) is 9.59 Å². The van der Waals surface area contributed by atoms with Gasteiger partial charge in [0.1, 0.15) is 0 Å². The van der Waals surface area contributed by atoms with Crippen LogP contribution in [0.25, 0.3) is 12.2 Å². The lowest BCUT2D eigenvalue weighted by Gasteiger charge is -2.05. The van der Waals surface area contributed by atoms with Crippen LogP contribution >= 0.6 is 23.5 Å². The normalized spacial score (nSPS) is 10.7. The van der Waals surface area contributed by atoms with Crippen molar-refractivity contribution in [3.05, 3.63) is 84.0 Å². The summed E-state index contributed by atoms with van der Waals surface area (Å²) >= 11 is 2.36. The number of thioether (sulfide) groups is 2. The van der Waals surface area contributed by atoms with Gasteiger partial charge in [0.2, 0.25) is 10.2 Å². The van der Waals surface area contributed by atoms with Gasteiger partial charge in [0.25, 0.3) is 0 Å². The molecule has 0 amide bonds. The van der Waals surface area contributed by atoms with Crippen LogP contribution in [0.3, 0.4) is 0 Å². The highest BCUT2D eigenvalue weighted by molar-refractivity contribution is 8.14. The van der Waals surface area contributed by atoms with Crippen LogP contribution < -0.4 is 0 Å². The van der Waals surface area contributed by atoms with E-state index in [2.05, 4.69) is 13.2 Å². The molecule has 0 aliphatic rings. The molecule has 0 atom stereocenters. The summed E-state index contributed by atoms with van der Waals surface area (Å²) in [5.41, 5.74) is 3.80. The van der Waals surface area contributed by atoms with E-state index in [1.54, 1.807) is 6.92 Å². The monoisotopic (exact) mass is 380 g/mol. The first-order valence-corrected chi connectivity index (χ1v) is 9.63. The molecule has 0 bridgehead atoms. The van der Waals surface area contributed by atoms with Crippen molar-refractivity contribution in [3.8, 4) is 0 Å². The number of aryl methyl sites for hydroxylation is 1. The highest BCUT2D eigenvalue weighted by Crippen LogP contribution is 2.25. The average molecular weight is 381 g/mol. The van der Waals surface area contributed by atoms with Gasteiger partial charge in [-0.2, -0.15) is 0 Å². The lowest BCUT2D eigenvalue weighted by atomic mass is 10.1. The number of hydrogen-bond acceptors (Lipinski definition) is 4. The molecule has 2 rings (SSSR count). The maximum Gasteiger partial charge on any atom is 0.219 e. The molecule has 0 aromatic heterocycles. The van der Waals surface area contributed by atoms with Crippen molar-refractivity contribution in [1.29, 1.82) is 0 Å². The summed E-state index contributed by atoms with van der Waals surface area (Å²) in [6.45, 7) is 10.9. The van der Waals surface area contributed by atoms with Crippen molar-refractivity contribution in [2.45, 2.75) is 23.6 Å². The molecule has 0 aliphatic carbocycles. The average Bonchev–Trinajstić information content (AvgIpc) is 2.62. The van der Waals surface area contributed by atoms with Gasteiger partial charge in [-0.05, 0) is 90.0 Å². The largest absolute Gasteiger partial charge is 0.282 e. The molecule has 0 saturated heterocycles. The molecule has 4 heteroatoms. The lowest BCUT2D eigenvalue weighted by Crippen LogP contribution is -1.91. The van der Waals surface area contributed by atoms with Crippen molar-refractivity contribution >= 4 is 45.9 Å². The zero-order valence-electron chi connectivity index (χ0n) is 14.8. The van der Waals surface area contributed by atoms with Crippen molar-refractivity contribution in [3.63, 3.8) is 0 Å². The Morgan fingerprint density at radius 1 is 0.962 bits per heavy atom. The molecule has 2 nitrogen and oxygen atoms in total. The highest BCUT2D eigenvalue weighted by Gasteiger charge is 2.06. The lowest BCUT2D eigenvalue weighted by molar-refractivity contribution is -0.108. The predicted molar refractivity (Wildman–Crippen MR) is 113 cm³/mol. The Morgan fingerprint density at radius 3 is 2.19 bits per heavy atom. The van der Waals surface area contributed by atoms with Crippen LogP contribution in [0.15, 0.2) is 77.1 Å². The number of hydrogen-bond donors (Lipinski definition) is 0. The van der Waals surface area contributed by atoms with Crippen LogP contribution in [0.5, 0.6) is 0 Å². The second-order valence-electron chi connectivity index (χ2n) is 5.72. The molecule has 0 radical (unpaired) electrons. The fraction of sp³-hybridized carbons (Fsp3) is 0.0909. The third-order valence-electron chi connectivity index (χ3n) is 3.52. The Hall–Kier alpha value is -2.30. The zero-order chi connectivity index (χ0) is 19.1. The van der Waals surface area contributed by atoms with Crippen LogP contribution in [-0.4, -0.2) is 10.2 Å². The minimum absolute atomic E-state index is 0.0133. The van der Waals surface area contributed by atoms with E-state index in [0.717, 1.165) is 38.2 Å². The summed E-state index contributed by atoms with van der Waals surface area (Å²) in [5, 5.41) is -0.0763. The summed E-state index contributed by atoms with van der Waals surface area (Å²) < 4.78 is 0. The van der Waals surface area contributed by atoms with Crippen molar-refractivity contribution < 1.29 is 9.59 Å². The number of carbonyl (C=O) groups is 2.